The Morgan fingerprint density at radius 2 is 2.00 bits per heavy atom. The number of carboxylic acid groups (broad SMARTS) is 1. The van der Waals surface area contributed by atoms with Crippen LogP contribution in [0.25, 0.3) is 28.3 Å². The van der Waals surface area contributed by atoms with Crippen LogP contribution in [-0.2, 0) is 18.2 Å². The van der Waals surface area contributed by atoms with Gasteiger partial charge in [0.1, 0.15) is 23.1 Å². The molecule has 3 aromatic heterocycles. The van der Waals surface area contributed by atoms with Crippen molar-refractivity contribution in [3.8, 4) is 22.6 Å². The lowest BCUT2D eigenvalue weighted by molar-refractivity contribution is -0.0214. The molecule has 176 valence electrons. The Labute approximate surface area is 194 Å². The molecule has 0 aliphatic carbocycles. The van der Waals surface area contributed by atoms with Crippen LogP contribution in [0.2, 0.25) is 0 Å². The van der Waals surface area contributed by atoms with Gasteiger partial charge in [0.15, 0.2) is 0 Å². The number of imidazole rings is 2. The summed E-state index contributed by atoms with van der Waals surface area (Å²) in [5, 5.41) is 9.36. The van der Waals surface area contributed by atoms with E-state index in [1.165, 1.54) is 17.0 Å². The number of nitrogens with zero attached hydrogens (tertiary/aromatic N) is 5. The van der Waals surface area contributed by atoms with Crippen LogP contribution in [-0.4, -0.2) is 60.8 Å². The van der Waals surface area contributed by atoms with Crippen LogP contribution in [0.5, 0.6) is 0 Å². The van der Waals surface area contributed by atoms with Crippen LogP contribution in [0.4, 0.5) is 13.6 Å². The van der Waals surface area contributed by atoms with Crippen molar-refractivity contribution in [3.63, 3.8) is 0 Å². The summed E-state index contributed by atoms with van der Waals surface area (Å²) in [6.07, 6.45) is 3.81. The Morgan fingerprint density at radius 3 is 2.68 bits per heavy atom. The quantitative estimate of drug-likeness (QED) is 0.492. The number of hydrogen-bond donors (Lipinski definition) is 1. The normalized spacial score (nSPS) is 16.4. The lowest BCUT2D eigenvalue weighted by Gasteiger charge is -2.31. The third-order valence-corrected chi connectivity index (χ3v) is 6.07. The van der Waals surface area contributed by atoms with Gasteiger partial charge in [-0.1, -0.05) is 0 Å². The molecular formula is C24H23F2N5O3. The third-order valence-electron chi connectivity index (χ3n) is 6.07. The van der Waals surface area contributed by atoms with E-state index in [-0.39, 0.29) is 37.4 Å². The molecule has 10 heteroatoms. The van der Waals surface area contributed by atoms with Gasteiger partial charge in [-0.3, -0.25) is 0 Å². The van der Waals surface area contributed by atoms with Gasteiger partial charge in [-0.05, 0) is 36.8 Å². The molecule has 1 atom stereocenters. The second-order valence-electron chi connectivity index (χ2n) is 8.44. The molecule has 1 fully saturated rings. The fraction of sp³-hybridized carbons (Fsp3) is 0.292. The van der Waals surface area contributed by atoms with Gasteiger partial charge in [0.05, 0.1) is 36.2 Å². The van der Waals surface area contributed by atoms with Crippen molar-refractivity contribution in [2.75, 3.05) is 19.7 Å². The third kappa shape index (κ3) is 3.90. The Morgan fingerprint density at radius 1 is 1.24 bits per heavy atom. The Bertz CT molecular complexity index is 1370. The molecule has 8 nitrogen and oxygen atoms in total. The molecule has 0 unspecified atom stereocenters. The van der Waals surface area contributed by atoms with E-state index in [4.69, 9.17) is 4.74 Å². The lowest BCUT2D eigenvalue weighted by atomic mass is 10.0. The largest absolute Gasteiger partial charge is 0.465 e. The zero-order valence-corrected chi connectivity index (χ0v) is 18.7. The molecule has 0 radical (unpaired) electrons. The van der Waals surface area contributed by atoms with Crippen molar-refractivity contribution in [3.05, 3.63) is 65.7 Å². The Balaban J connectivity index is 1.61. The monoisotopic (exact) mass is 467 g/mol. The number of fused-ring (bicyclic) bond motifs is 1. The number of amides is 1. The minimum Gasteiger partial charge on any atom is -0.465 e. The first kappa shape index (κ1) is 22.0. The number of pyridine rings is 1. The maximum absolute atomic E-state index is 15.4. The minimum absolute atomic E-state index is 0.164. The molecule has 1 aromatic carbocycles. The van der Waals surface area contributed by atoms with Gasteiger partial charge in [-0.25, -0.2) is 23.5 Å². The molecule has 1 saturated heterocycles. The molecule has 0 spiro atoms. The molecule has 0 saturated carbocycles. The average Bonchev–Trinajstić information content (AvgIpc) is 3.37. The summed E-state index contributed by atoms with van der Waals surface area (Å²) in [5.74, 6) is -1.06. The van der Waals surface area contributed by atoms with Crippen LogP contribution in [0.1, 0.15) is 11.3 Å². The number of halogens is 2. The first-order valence-corrected chi connectivity index (χ1v) is 10.9. The number of benzene rings is 1. The number of hydrogen-bond acceptors (Lipinski definition) is 4. The number of morpholine rings is 1. The van der Waals surface area contributed by atoms with E-state index < -0.39 is 23.8 Å². The van der Waals surface area contributed by atoms with E-state index >= 15 is 8.78 Å². The summed E-state index contributed by atoms with van der Waals surface area (Å²) in [6, 6.07) is 6.21. The fourth-order valence-electron chi connectivity index (χ4n) is 4.40. The highest BCUT2D eigenvalue weighted by Gasteiger charge is 2.28. The highest BCUT2D eigenvalue weighted by Crippen LogP contribution is 2.34. The molecule has 5 rings (SSSR count). The summed E-state index contributed by atoms with van der Waals surface area (Å²) in [6.45, 7) is 2.61. The zero-order chi connectivity index (χ0) is 24.0. The second kappa shape index (κ2) is 8.53. The van der Waals surface area contributed by atoms with Crippen LogP contribution in [0.15, 0.2) is 42.9 Å². The maximum Gasteiger partial charge on any atom is 0.407 e. The van der Waals surface area contributed by atoms with Crippen LogP contribution >= 0.6 is 0 Å². The number of aromatic nitrogens is 4. The summed E-state index contributed by atoms with van der Waals surface area (Å²) in [7, 11) is 1.75. The lowest BCUT2D eigenvalue weighted by Crippen LogP contribution is -2.45. The molecule has 1 aliphatic heterocycles. The van der Waals surface area contributed by atoms with Crippen molar-refractivity contribution in [2.24, 2.45) is 7.05 Å². The fourth-order valence-corrected chi connectivity index (χ4v) is 4.40. The standard InChI is InChI=1S/C24H23F2N5O3/c1-14-3-5-31-19(12-16-13-30(24(32)33)7-8-34-16)22(28-20(31)9-14)21-17(25)10-15(11-18(21)26)23-27-4-6-29(23)2/h3-6,9-11,16H,7-8,12-13H2,1-2H3,(H,32,33)/t16-/m0/s1. The van der Waals surface area contributed by atoms with Crippen molar-refractivity contribution >= 4 is 11.7 Å². The van der Waals surface area contributed by atoms with Gasteiger partial charge in [0, 0.05) is 44.2 Å². The highest BCUT2D eigenvalue weighted by atomic mass is 19.1. The van der Waals surface area contributed by atoms with Crippen molar-refractivity contribution in [1.29, 1.82) is 0 Å². The molecule has 0 bridgehead atoms. The topological polar surface area (TPSA) is 84.9 Å². The molecule has 4 aromatic rings. The molecule has 34 heavy (non-hydrogen) atoms. The van der Waals surface area contributed by atoms with Crippen molar-refractivity contribution in [1.82, 2.24) is 23.8 Å². The van der Waals surface area contributed by atoms with Gasteiger partial charge in [0.2, 0.25) is 0 Å². The average molecular weight is 467 g/mol. The predicted octanol–water partition coefficient (Wildman–Crippen LogP) is 3.91. The van der Waals surface area contributed by atoms with E-state index in [1.54, 1.807) is 34.6 Å². The number of carbonyl (C=O) groups is 1. The minimum atomic E-state index is -1.02. The van der Waals surface area contributed by atoms with E-state index in [1.807, 2.05) is 19.1 Å². The summed E-state index contributed by atoms with van der Waals surface area (Å²) >= 11 is 0. The molecule has 4 heterocycles. The maximum atomic E-state index is 15.4. The number of ether oxygens (including phenoxy) is 1. The smallest absolute Gasteiger partial charge is 0.407 e. The van der Waals surface area contributed by atoms with Crippen LogP contribution in [0.3, 0.4) is 0 Å². The van der Waals surface area contributed by atoms with Crippen LogP contribution in [0, 0.1) is 18.6 Å². The van der Waals surface area contributed by atoms with Gasteiger partial charge < -0.3 is 23.7 Å². The van der Waals surface area contributed by atoms with Gasteiger partial charge >= 0.3 is 6.09 Å². The molecule has 1 amide bonds. The van der Waals surface area contributed by atoms with Crippen molar-refractivity contribution in [2.45, 2.75) is 19.4 Å². The number of aryl methyl sites for hydroxylation is 2. The van der Waals surface area contributed by atoms with Gasteiger partial charge in [-0.15, -0.1) is 0 Å². The Kier molecular flexibility index (Phi) is 5.52. The molecule has 1 N–H and O–H groups in total. The summed E-state index contributed by atoms with van der Waals surface area (Å²) in [5.41, 5.74) is 2.30. The zero-order valence-electron chi connectivity index (χ0n) is 18.7. The van der Waals surface area contributed by atoms with Crippen molar-refractivity contribution < 1.29 is 23.4 Å². The van der Waals surface area contributed by atoms with E-state index in [0.717, 1.165) is 5.56 Å². The second-order valence-corrected chi connectivity index (χ2v) is 8.44. The molecule has 1 aliphatic rings. The predicted molar refractivity (Wildman–Crippen MR) is 121 cm³/mol. The SMILES string of the molecule is Cc1ccn2c(C[C@H]3CN(C(=O)O)CCO3)c(-c3c(F)cc(-c4nccn4C)cc3F)nc2c1. The first-order valence-electron chi connectivity index (χ1n) is 10.9. The Hall–Kier alpha value is -3.79. The van der Waals surface area contributed by atoms with E-state index in [9.17, 15) is 9.90 Å². The first-order chi connectivity index (χ1) is 16.3. The number of rotatable bonds is 4. The highest BCUT2D eigenvalue weighted by molar-refractivity contribution is 5.71. The van der Waals surface area contributed by atoms with Gasteiger partial charge in [-0.2, -0.15) is 0 Å². The van der Waals surface area contributed by atoms with E-state index in [0.29, 0.717) is 22.7 Å². The summed E-state index contributed by atoms with van der Waals surface area (Å²) in [4.78, 5) is 21.5. The van der Waals surface area contributed by atoms with Gasteiger partial charge in [0.25, 0.3) is 0 Å². The summed E-state index contributed by atoms with van der Waals surface area (Å²) < 4.78 is 40.1. The molecular weight excluding hydrogens is 444 g/mol. The van der Waals surface area contributed by atoms with Crippen LogP contribution < -0.4 is 0 Å². The van der Waals surface area contributed by atoms with E-state index in [2.05, 4.69) is 9.97 Å².